The first kappa shape index (κ1) is 19.6. The van der Waals surface area contributed by atoms with Crippen molar-refractivity contribution in [3.63, 3.8) is 0 Å². The highest BCUT2D eigenvalue weighted by atomic mass is 15.3. The predicted octanol–water partition coefficient (Wildman–Crippen LogP) is 4.69. The van der Waals surface area contributed by atoms with Gasteiger partial charge in [-0.3, -0.25) is 0 Å². The van der Waals surface area contributed by atoms with Crippen LogP contribution < -0.4 is 15.5 Å². The van der Waals surface area contributed by atoms with Crippen LogP contribution in [0, 0.1) is 13.8 Å². The van der Waals surface area contributed by atoms with E-state index >= 15 is 0 Å². The third-order valence-electron chi connectivity index (χ3n) is 4.87. The first-order valence-electron chi connectivity index (χ1n) is 9.71. The molecule has 0 fully saturated rings. The molecule has 28 heavy (non-hydrogen) atoms. The highest BCUT2D eigenvalue weighted by Crippen LogP contribution is 2.24. The summed E-state index contributed by atoms with van der Waals surface area (Å²) in [5.41, 5.74) is 5.83. The van der Waals surface area contributed by atoms with Crippen LogP contribution in [0.2, 0.25) is 0 Å². The summed E-state index contributed by atoms with van der Waals surface area (Å²) in [7, 11) is 0. The van der Waals surface area contributed by atoms with Gasteiger partial charge in [-0.05, 0) is 62.6 Å². The molecule has 3 aromatic rings. The standard InChI is InChI=1S/C22H28N6/c1-5-28(6-2)19-11-12-20(17(4)13-19)25-22-26-21(15-24-27-22)23-14-18-10-8-7-9-16(18)3/h7-13,15H,5-6,14H2,1-4H3,(H2,23,25,26,27). The lowest BCUT2D eigenvalue weighted by molar-refractivity contribution is 0.865. The monoisotopic (exact) mass is 376 g/mol. The molecular weight excluding hydrogens is 348 g/mol. The summed E-state index contributed by atoms with van der Waals surface area (Å²) in [6.07, 6.45) is 1.64. The van der Waals surface area contributed by atoms with Gasteiger partial charge in [0.25, 0.3) is 0 Å². The van der Waals surface area contributed by atoms with Crippen molar-refractivity contribution in [3.8, 4) is 0 Å². The van der Waals surface area contributed by atoms with Crippen LogP contribution in [0.1, 0.15) is 30.5 Å². The lowest BCUT2D eigenvalue weighted by atomic mass is 10.1. The van der Waals surface area contributed by atoms with Crippen LogP contribution in [-0.4, -0.2) is 28.3 Å². The average molecular weight is 377 g/mol. The Kier molecular flexibility index (Phi) is 6.42. The average Bonchev–Trinajstić information content (AvgIpc) is 2.71. The van der Waals surface area contributed by atoms with E-state index in [0.717, 1.165) is 24.3 Å². The van der Waals surface area contributed by atoms with Gasteiger partial charge in [0.2, 0.25) is 5.95 Å². The number of nitrogens with one attached hydrogen (secondary N) is 2. The fourth-order valence-corrected chi connectivity index (χ4v) is 3.13. The van der Waals surface area contributed by atoms with Gasteiger partial charge in [0.15, 0.2) is 5.82 Å². The smallest absolute Gasteiger partial charge is 0.249 e. The van der Waals surface area contributed by atoms with Crippen molar-refractivity contribution in [1.29, 1.82) is 0 Å². The van der Waals surface area contributed by atoms with Gasteiger partial charge in [0.1, 0.15) is 0 Å². The van der Waals surface area contributed by atoms with Gasteiger partial charge in [0, 0.05) is 31.0 Å². The van der Waals surface area contributed by atoms with E-state index < -0.39 is 0 Å². The van der Waals surface area contributed by atoms with Crippen LogP contribution in [0.4, 0.5) is 23.1 Å². The van der Waals surface area contributed by atoms with E-state index in [4.69, 9.17) is 0 Å². The van der Waals surface area contributed by atoms with Gasteiger partial charge in [-0.2, -0.15) is 10.1 Å². The van der Waals surface area contributed by atoms with Crippen LogP contribution in [0.5, 0.6) is 0 Å². The third-order valence-corrected chi connectivity index (χ3v) is 4.87. The molecule has 0 aliphatic rings. The second-order valence-electron chi connectivity index (χ2n) is 6.74. The number of aromatic nitrogens is 3. The fourth-order valence-electron chi connectivity index (χ4n) is 3.13. The molecule has 0 bridgehead atoms. The Morgan fingerprint density at radius 1 is 0.964 bits per heavy atom. The normalized spacial score (nSPS) is 10.6. The zero-order chi connectivity index (χ0) is 19.9. The highest BCUT2D eigenvalue weighted by Gasteiger charge is 2.07. The fraction of sp³-hybridized carbons (Fsp3) is 0.318. The minimum absolute atomic E-state index is 0.480. The molecule has 0 spiro atoms. The first-order valence-corrected chi connectivity index (χ1v) is 9.71. The SMILES string of the molecule is CCN(CC)c1ccc(Nc2nncc(NCc3ccccc3C)n2)c(C)c1. The van der Waals surface area contributed by atoms with Crippen LogP contribution in [0.25, 0.3) is 0 Å². The maximum atomic E-state index is 4.54. The molecule has 6 nitrogen and oxygen atoms in total. The van der Waals surface area contributed by atoms with E-state index in [1.165, 1.54) is 16.8 Å². The van der Waals surface area contributed by atoms with Crippen molar-refractivity contribution < 1.29 is 0 Å². The summed E-state index contributed by atoms with van der Waals surface area (Å²) >= 11 is 0. The van der Waals surface area contributed by atoms with Gasteiger partial charge < -0.3 is 15.5 Å². The minimum Gasteiger partial charge on any atom is -0.372 e. The van der Waals surface area contributed by atoms with Gasteiger partial charge in [0.05, 0.1) is 6.20 Å². The maximum Gasteiger partial charge on any atom is 0.249 e. The summed E-state index contributed by atoms with van der Waals surface area (Å²) < 4.78 is 0. The molecule has 2 aromatic carbocycles. The molecule has 0 aliphatic carbocycles. The molecule has 0 atom stereocenters. The molecule has 0 amide bonds. The van der Waals surface area contributed by atoms with Crippen molar-refractivity contribution in [3.05, 3.63) is 65.4 Å². The number of aryl methyl sites for hydroxylation is 2. The summed E-state index contributed by atoms with van der Waals surface area (Å²) in [6, 6.07) is 14.7. The van der Waals surface area contributed by atoms with Gasteiger partial charge in [-0.15, -0.1) is 5.10 Å². The predicted molar refractivity (Wildman–Crippen MR) is 116 cm³/mol. The van der Waals surface area contributed by atoms with Gasteiger partial charge in [-0.25, -0.2) is 0 Å². The van der Waals surface area contributed by atoms with E-state index in [0.29, 0.717) is 18.3 Å². The zero-order valence-electron chi connectivity index (χ0n) is 17.0. The number of hydrogen-bond donors (Lipinski definition) is 2. The summed E-state index contributed by atoms with van der Waals surface area (Å²) in [5.74, 6) is 1.17. The molecule has 1 aromatic heterocycles. The summed E-state index contributed by atoms with van der Waals surface area (Å²) in [5, 5.41) is 14.8. The Hall–Kier alpha value is -3.15. The van der Waals surface area contributed by atoms with E-state index in [9.17, 15) is 0 Å². The number of nitrogens with zero attached hydrogens (tertiary/aromatic N) is 4. The van der Waals surface area contributed by atoms with Crippen molar-refractivity contribution in [2.24, 2.45) is 0 Å². The molecule has 3 rings (SSSR count). The second-order valence-corrected chi connectivity index (χ2v) is 6.74. The molecular formula is C22H28N6. The Morgan fingerprint density at radius 2 is 1.75 bits per heavy atom. The van der Waals surface area contributed by atoms with E-state index in [2.05, 4.69) is 88.7 Å². The Bertz CT molecular complexity index is 920. The van der Waals surface area contributed by atoms with Crippen molar-refractivity contribution in [1.82, 2.24) is 15.2 Å². The number of benzene rings is 2. The Balaban J connectivity index is 1.70. The first-order chi connectivity index (χ1) is 13.6. The lowest BCUT2D eigenvalue weighted by Gasteiger charge is -2.22. The largest absolute Gasteiger partial charge is 0.372 e. The van der Waals surface area contributed by atoms with Crippen molar-refractivity contribution >= 4 is 23.1 Å². The topological polar surface area (TPSA) is 66.0 Å². The summed E-state index contributed by atoms with van der Waals surface area (Å²) in [4.78, 5) is 6.86. The Labute approximate surface area is 167 Å². The zero-order valence-corrected chi connectivity index (χ0v) is 17.0. The highest BCUT2D eigenvalue weighted by molar-refractivity contribution is 5.64. The van der Waals surface area contributed by atoms with Crippen LogP contribution in [-0.2, 0) is 6.54 Å². The van der Waals surface area contributed by atoms with E-state index in [1.54, 1.807) is 6.20 Å². The van der Waals surface area contributed by atoms with Gasteiger partial charge in [-0.1, -0.05) is 24.3 Å². The second kappa shape index (κ2) is 9.17. The van der Waals surface area contributed by atoms with E-state index in [1.807, 2.05) is 12.1 Å². The molecule has 146 valence electrons. The molecule has 0 unspecified atom stereocenters. The maximum absolute atomic E-state index is 4.54. The quantitative estimate of drug-likeness (QED) is 0.594. The molecule has 1 heterocycles. The number of anilines is 4. The summed E-state index contributed by atoms with van der Waals surface area (Å²) in [6.45, 7) is 11.2. The lowest BCUT2D eigenvalue weighted by Crippen LogP contribution is -2.21. The Morgan fingerprint density at radius 3 is 2.46 bits per heavy atom. The number of hydrogen-bond acceptors (Lipinski definition) is 6. The minimum atomic E-state index is 0.480. The van der Waals surface area contributed by atoms with Crippen molar-refractivity contribution in [2.75, 3.05) is 28.6 Å². The third kappa shape index (κ3) is 4.76. The molecule has 0 saturated heterocycles. The molecule has 0 radical (unpaired) electrons. The van der Waals surface area contributed by atoms with Gasteiger partial charge >= 0.3 is 0 Å². The van der Waals surface area contributed by atoms with Crippen LogP contribution in [0.15, 0.2) is 48.7 Å². The molecule has 6 heteroatoms. The van der Waals surface area contributed by atoms with E-state index in [-0.39, 0.29) is 0 Å². The molecule has 2 N–H and O–H groups in total. The van der Waals surface area contributed by atoms with Crippen LogP contribution in [0.3, 0.4) is 0 Å². The molecule has 0 saturated carbocycles. The number of rotatable bonds is 8. The van der Waals surface area contributed by atoms with Crippen molar-refractivity contribution in [2.45, 2.75) is 34.2 Å². The van der Waals surface area contributed by atoms with Crippen LogP contribution >= 0.6 is 0 Å². The molecule has 0 aliphatic heterocycles.